The maximum atomic E-state index is 13.1. The van der Waals surface area contributed by atoms with Gasteiger partial charge in [-0.05, 0) is 123 Å². The number of rotatable bonds is 16. The predicted octanol–water partition coefficient (Wildman–Crippen LogP) is 9.38. The van der Waals surface area contributed by atoms with Crippen molar-refractivity contribution in [3.63, 3.8) is 0 Å². The highest BCUT2D eigenvalue weighted by atomic mass is 35.5. The molecule has 2 fully saturated rings. The van der Waals surface area contributed by atoms with Crippen molar-refractivity contribution in [2.75, 3.05) is 36.8 Å². The van der Waals surface area contributed by atoms with Crippen LogP contribution in [0.2, 0.25) is 5.02 Å². The first kappa shape index (κ1) is 54.3. The molecule has 0 atom stereocenters. The third-order valence-corrected chi connectivity index (χ3v) is 18.8. The van der Waals surface area contributed by atoms with E-state index in [1.54, 1.807) is 18.2 Å². The number of halogens is 4. The zero-order valence-electron chi connectivity index (χ0n) is 38.3. The average molecular weight is 1100 g/mol. The van der Waals surface area contributed by atoms with E-state index in [0.29, 0.717) is 59.2 Å². The topological polar surface area (TPSA) is 243 Å². The van der Waals surface area contributed by atoms with Crippen molar-refractivity contribution >= 4 is 88.9 Å². The van der Waals surface area contributed by atoms with E-state index >= 15 is 0 Å². The summed E-state index contributed by atoms with van der Waals surface area (Å²) in [7, 11) is -7.36. The number of nitrogens with zero attached hydrogens (tertiary/aromatic N) is 4. The Morgan fingerprint density at radius 3 is 1.27 bits per heavy atom. The van der Waals surface area contributed by atoms with Crippen LogP contribution in [0.15, 0.2) is 130 Å². The molecule has 2 aliphatic rings. The fourth-order valence-corrected chi connectivity index (χ4v) is 13.7. The lowest BCUT2D eigenvalue weighted by atomic mass is 10.1. The minimum Gasteiger partial charge on any atom is -0.382 e. The standard InChI is InChI=1S/C24H23F3N4O5S2.C23H23ClN4O5S2/c25-24(26,27)17-3-5-18(6-4-17)29-19-11-13-30(14-12-19)38(35,36)22-10-9-21(37-22)15-28-23(32)16-1-7-20(8-2-16)31(33)34;24-17-3-5-18(6-4-17)26-19-11-13-27(14-12-19)35(32,33)22-10-9-21(34-22)15-25-23(29)16-1-7-20(8-2-16)28(30)31/h1-10,19,29H,11-15H2,(H,28,32);1-10,19,26H,11-15H2,(H,25,29). The van der Waals surface area contributed by atoms with E-state index in [4.69, 9.17) is 11.6 Å². The van der Waals surface area contributed by atoms with Crippen LogP contribution in [-0.4, -0.2) is 85.4 Å². The van der Waals surface area contributed by atoms with Crippen LogP contribution in [0.5, 0.6) is 0 Å². The van der Waals surface area contributed by atoms with Gasteiger partial charge in [-0.1, -0.05) is 11.6 Å². The molecule has 4 N–H and O–H groups in total. The third-order valence-electron chi connectivity index (χ3n) is 11.7. The summed E-state index contributed by atoms with van der Waals surface area (Å²) in [5.41, 5.74) is 1.06. The number of sulfonamides is 2. The summed E-state index contributed by atoms with van der Waals surface area (Å²) >= 11 is 8.08. The number of anilines is 2. The number of hydrogen-bond acceptors (Lipinski definition) is 14. The normalized spacial score (nSPS) is 15.1. The fraction of sp³-hybridized carbons (Fsp3) is 0.277. The van der Waals surface area contributed by atoms with E-state index < -0.39 is 53.4 Å². The van der Waals surface area contributed by atoms with Gasteiger partial charge < -0.3 is 21.3 Å². The Balaban J connectivity index is 0.000000214. The monoisotopic (exact) mass is 1100 g/mol. The van der Waals surface area contributed by atoms with Crippen LogP contribution in [0.3, 0.4) is 0 Å². The molecule has 0 radical (unpaired) electrons. The summed E-state index contributed by atoms with van der Waals surface area (Å²) in [6.07, 6.45) is -2.05. The molecule has 2 saturated heterocycles. The Labute approximate surface area is 430 Å². The number of thiophene rings is 2. The van der Waals surface area contributed by atoms with Crippen molar-refractivity contribution in [3.05, 3.63) is 173 Å². The van der Waals surface area contributed by atoms with Gasteiger partial charge >= 0.3 is 6.18 Å². The summed E-state index contributed by atoms with van der Waals surface area (Å²) in [6, 6.07) is 29.0. The highest BCUT2D eigenvalue weighted by Crippen LogP contribution is 2.32. The molecular formula is C47H46ClF3N8O10S4. The Hall–Kier alpha value is -6.48. The molecule has 8 rings (SSSR count). The largest absolute Gasteiger partial charge is 0.416 e. The van der Waals surface area contributed by atoms with Crippen LogP contribution < -0.4 is 21.3 Å². The number of non-ortho nitro benzene ring substituents is 2. The van der Waals surface area contributed by atoms with Gasteiger partial charge in [-0.15, -0.1) is 22.7 Å². The van der Waals surface area contributed by atoms with Gasteiger partial charge in [0.05, 0.1) is 28.5 Å². The van der Waals surface area contributed by atoms with Gasteiger partial charge in [-0.2, -0.15) is 21.8 Å². The molecule has 18 nitrogen and oxygen atoms in total. The molecule has 2 aliphatic heterocycles. The summed E-state index contributed by atoms with van der Waals surface area (Å²) in [5, 5.41) is 34.1. The van der Waals surface area contributed by atoms with Crippen LogP contribution in [0.25, 0.3) is 0 Å². The number of nitro benzene ring substituents is 2. The number of hydrogen-bond donors (Lipinski definition) is 4. The maximum absolute atomic E-state index is 13.1. The van der Waals surface area contributed by atoms with E-state index in [1.807, 2.05) is 24.3 Å². The molecule has 2 aromatic heterocycles. The highest BCUT2D eigenvalue weighted by molar-refractivity contribution is 7.91. The number of nitro groups is 2. The van der Waals surface area contributed by atoms with Crippen molar-refractivity contribution in [1.29, 1.82) is 0 Å². The van der Waals surface area contributed by atoms with E-state index in [-0.39, 0.29) is 69.2 Å². The summed E-state index contributed by atoms with van der Waals surface area (Å²) in [4.78, 5) is 46.3. The average Bonchev–Trinajstić information content (AvgIpc) is 4.08. The van der Waals surface area contributed by atoms with Crippen molar-refractivity contribution in [2.24, 2.45) is 0 Å². The van der Waals surface area contributed by atoms with E-state index in [0.717, 1.165) is 40.5 Å². The zero-order valence-corrected chi connectivity index (χ0v) is 42.3. The molecule has 4 heterocycles. The smallest absolute Gasteiger partial charge is 0.382 e. The van der Waals surface area contributed by atoms with Crippen molar-refractivity contribution in [2.45, 2.75) is 65.5 Å². The number of carbonyl (C=O) groups is 2. The molecule has 4 aromatic carbocycles. The van der Waals surface area contributed by atoms with Gasteiger partial charge in [0.2, 0.25) is 0 Å². The number of piperidine rings is 2. The Morgan fingerprint density at radius 1 is 0.575 bits per heavy atom. The first-order chi connectivity index (χ1) is 34.6. The molecule has 386 valence electrons. The van der Waals surface area contributed by atoms with Gasteiger partial charge in [-0.3, -0.25) is 29.8 Å². The highest BCUT2D eigenvalue weighted by Gasteiger charge is 2.33. The fourth-order valence-electron chi connectivity index (χ4n) is 7.70. The lowest BCUT2D eigenvalue weighted by Crippen LogP contribution is -2.42. The van der Waals surface area contributed by atoms with Crippen LogP contribution in [-0.2, 0) is 39.3 Å². The minimum absolute atomic E-state index is 0.0771. The van der Waals surface area contributed by atoms with Crippen LogP contribution in [0.4, 0.5) is 35.9 Å². The third kappa shape index (κ3) is 14.4. The van der Waals surface area contributed by atoms with Crippen LogP contribution in [0, 0.1) is 20.2 Å². The van der Waals surface area contributed by atoms with Crippen LogP contribution >= 0.6 is 34.3 Å². The lowest BCUT2D eigenvalue weighted by Gasteiger charge is -2.31. The number of carbonyl (C=O) groups excluding carboxylic acids is 2. The lowest BCUT2D eigenvalue weighted by molar-refractivity contribution is -0.385. The van der Waals surface area contributed by atoms with Gasteiger partial charge in [-0.25, -0.2) is 16.8 Å². The molecule has 2 amide bonds. The molecular weight excluding hydrogens is 1060 g/mol. The molecule has 0 aliphatic carbocycles. The quantitative estimate of drug-likeness (QED) is 0.0523. The van der Waals surface area contributed by atoms with Gasteiger partial charge in [0, 0.05) is 99.8 Å². The Kier molecular flexibility index (Phi) is 17.5. The second-order valence-corrected chi connectivity index (χ2v) is 23.7. The molecule has 26 heteroatoms. The maximum Gasteiger partial charge on any atom is 0.416 e. The molecule has 0 unspecified atom stereocenters. The Morgan fingerprint density at radius 2 is 0.932 bits per heavy atom. The van der Waals surface area contributed by atoms with E-state index in [1.165, 1.54) is 75.3 Å². The molecule has 73 heavy (non-hydrogen) atoms. The summed E-state index contributed by atoms with van der Waals surface area (Å²) in [6.45, 7) is 1.59. The molecule has 0 saturated carbocycles. The molecule has 6 aromatic rings. The van der Waals surface area contributed by atoms with Gasteiger partial charge in [0.25, 0.3) is 43.2 Å². The minimum atomic E-state index is -4.40. The zero-order chi connectivity index (χ0) is 52.5. The van der Waals surface area contributed by atoms with E-state index in [9.17, 15) is 59.8 Å². The second kappa shape index (κ2) is 23.6. The van der Waals surface area contributed by atoms with Crippen molar-refractivity contribution in [3.8, 4) is 0 Å². The first-order valence-electron chi connectivity index (χ1n) is 22.3. The second-order valence-electron chi connectivity index (χ2n) is 16.6. The number of alkyl halides is 3. The SMILES string of the molecule is O=C(NCc1ccc(S(=O)(=O)N2CCC(Nc3ccc(C(F)(F)F)cc3)CC2)s1)c1ccc([N+](=O)[O-])cc1.O=C(NCc1ccc(S(=O)(=O)N2CCC(Nc3ccc(Cl)cc3)CC2)s1)c1ccc([N+](=O)[O-])cc1. The number of benzene rings is 4. The predicted molar refractivity (Wildman–Crippen MR) is 271 cm³/mol. The first-order valence-corrected chi connectivity index (χ1v) is 27.2. The van der Waals surface area contributed by atoms with Crippen molar-refractivity contribution < 1.29 is 49.4 Å². The van der Waals surface area contributed by atoms with E-state index in [2.05, 4.69) is 21.3 Å². The number of amides is 2. The number of nitrogens with one attached hydrogen (secondary N) is 4. The molecule has 0 spiro atoms. The van der Waals surface area contributed by atoms with Crippen LogP contribution in [0.1, 0.15) is 61.7 Å². The van der Waals surface area contributed by atoms with Gasteiger partial charge in [0.15, 0.2) is 0 Å². The van der Waals surface area contributed by atoms with Crippen molar-refractivity contribution in [1.82, 2.24) is 19.2 Å². The summed E-state index contributed by atoms with van der Waals surface area (Å²) in [5.74, 6) is -0.840. The summed E-state index contributed by atoms with van der Waals surface area (Å²) < 4.78 is 93.9. The van der Waals surface area contributed by atoms with Gasteiger partial charge in [0.1, 0.15) is 8.42 Å². The molecule has 0 bridgehead atoms. The Bertz CT molecular complexity index is 3130.